The Kier molecular flexibility index (Phi) is 3.82. The van der Waals surface area contributed by atoms with Gasteiger partial charge in [0.1, 0.15) is 5.76 Å². The summed E-state index contributed by atoms with van der Waals surface area (Å²) in [6, 6.07) is 5.65. The fourth-order valence-corrected chi connectivity index (χ4v) is 1.76. The molecule has 5 nitrogen and oxygen atoms in total. The third kappa shape index (κ3) is 3.23. The summed E-state index contributed by atoms with van der Waals surface area (Å²) >= 11 is 0. The van der Waals surface area contributed by atoms with Crippen molar-refractivity contribution in [3.8, 4) is 0 Å². The first-order valence-corrected chi connectivity index (χ1v) is 5.92. The van der Waals surface area contributed by atoms with Crippen LogP contribution in [-0.4, -0.2) is 28.1 Å². The van der Waals surface area contributed by atoms with Gasteiger partial charge in [0.05, 0.1) is 18.5 Å². The van der Waals surface area contributed by atoms with Gasteiger partial charge in [-0.2, -0.15) is 5.10 Å². The smallest absolute Gasteiger partial charge is 0.223 e. The molecule has 0 unspecified atom stereocenters. The van der Waals surface area contributed by atoms with Gasteiger partial charge in [-0.3, -0.25) is 9.89 Å². The number of rotatable bonds is 5. The van der Waals surface area contributed by atoms with Crippen LogP contribution in [-0.2, 0) is 17.8 Å². The molecule has 0 saturated carbocycles. The summed E-state index contributed by atoms with van der Waals surface area (Å²) in [4.78, 5) is 13.6. The minimum Gasteiger partial charge on any atom is -0.469 e. The number of aromatic amines is 1. The fraction of sp³-hybridized carbons (Fsp3) is 0.385. The van der Waals surface area contributed by atoms with Gasteiger partial charge in [-0.25, -0.2) is 0 Å². The van der Waals surface area contributed by atoms with E-state index in [1.165, 1.54) is 0 Å². The molecule has 0 aliphatic rings. The van der Waals surface area contributed by atoms with Crippen LogP contribution < -0.4 is 0 Å². The van der Waals surface area contributed by atoms with Crippen molar-refractivity contribution < 1.29 is 9.21 Å². The zero-order chi connectivity index (χ0) is 13.0. The Labute approximate surface area is 106 Å². The molecule has 2 rings (SSSR count). The van der Waals surface area contributed by atoms with E-state index in [2.05, 4.69) is 10.2 Å². The molecule has 18 heavy (non-hydrogen) atoms. The molecule has 0 radical (unpaired) electrons. The Hall–Kier alpha value is -2.04. The average Bonchev–Trinajstić information content (AvgIpc) is 2.97. The molecule has 2 heterocycles. The fourth-order valence-electron chi connectivity index (χ4n) is 1.76. The molecule has 2 aromatic heterocycles. The van der Waals surface area contributed by atoms with Gasteiger partial charge in [0.25, 0.3) is 0 Å². The van der Waals surface area contributed by atoms with E-state index in [9.17, 15) is 4.79 Å². The highest BCUT2D eigenvalue weighted by molar-refractivity contribution is 5.76. The van der Waals surface area contributed by atoms with E-state index < -0.39 is 0 Å². The van der Waals surface area contributed by atoms with Crippen LogP contribution in [0.3, 0.4) is 0 Å². The van der Waals surface area contributed by atoms with E-state index in [-0.39, 0.29) is 5.91 Å². The molecule has 0 bridgehead atoms. The molecular formula is C13H17N3O2. The summed E-state index contributed by atoms with van der Waals surface area (Å²) in [5, 5.41) is 6.98. The van der Waals surface area contributed by atoms with Crippen molar-refractivity contribution in [3.63, 3.8) is 0 Å². The lowest BCUT2D eigenvalue weighted by molar-refractivity contribution is -0.130. The van der Waals surface area contributed by atoms with Gasteiger partial charge >= 0.3 is 0 Å². The summed E-state index contributed by atoms with van der Waals surface area (Å²) in [7, 11) is 1.79. The van der Waals surface area contributed by atoms with Crippen LogP contribution in [0.15, 0.2) is 28.9 Å². The van der Waals surface area contributed by atoms with Crippen molar-refractivity contribution in [1.82, 2.24) is 15.1 Å². The summed E-state index contributed by atoms with van der Waals surface area (Å²) in [5.41, 5.74) is 1.88. The van der Waals surface area contributed by atoms with Crippen LogP contribution in [0.5, 0.6) is 0 Å². The highest BCUT2D eigenvalue weighted by Crippen LogP contribution is 2.07. The maximum absolute atomic E-state index is 11.9. The topological polar surface area (TPSA) is 62.1 Å². The molecule has 0 aliphatic heterocycles. The maximum Gasteiger partial charge on any atom is 0.223 e. The second kappa shape index (κ2) is 5.53. The zero-order valence-corrected chi connectivity index (χ0v) is 10.6. The first-order valence-electron chi connectivity index (χ1n) is 5.92. The van der Waals surface area contributed by atoms with E-state index >= 15 is 0 Å². The summed E-state index contributed by atoms with van der Waals surface area (Å²) in [6.45, 7) is 2.47. The SMILES string of the molecule is Cc1cc(CN(C)C(=O)CCc2ccco2)n[nH]1. The van der Waals surface area contributed by atoms with Crippen LogP contribution in [0.1, 0.15) is 23.6 Å². The molecule has 0 spiro atoms. The molecule has 2 aromatic rings. The summed E-state index contributed by atoms with van der Waals surface area (Å²) in [6.07, 6.45) is 2.71. The Morgan fingerprint density at radius 1 is 1.56 bits per heavy atom. The van der Waals surface area contributed by atoms with E-state index in [0.717, 1.165) is 17.1 Å². The predicted molar refractivity (Wildman–Crippen MR) is 66.8 cm³/mol. The lowest BCUT2D eigenvalue weighted by atomic mass is 10.2. The third-order valence-corrected chi connectivity index (χ3v) is 2.75. The highest BCUT2D eigenvalue weighted by atomic mass is 16.3. The highest BCUT2D eigenvalue weighted by Gasteiger charge is 2.11. The van der Waals surface area contributed by atoms with Crippen LogP contribution >= 0.6 is 0 Å². The molecule has 0 fully saturated rings. The molecule has 0 aliphatic carbocycles. The van der Waals surface area contributed by atoms with Crippen molar-refractivity contribution in [1.29, 1.82) is 0 Å². The number of aromatic nitrogens is 2. The quantitative estimate of drug-likeness (QED) is 0.877. The summed E-state index contributed by atoms with van der Waals surface area (Å²) < 4.78 is 5.20. The minimum absolute atomic E-state index is 0.0899. The van der Waals surface area contributed by atoms with Gasteiger partial charge in [-0.15, -0.1) is 0 Å². The number of hydrogen-bond acceptors (Lipinski definition) is 3. The largest absolute Gasteiger partial charge is 0.469 e. The number of nitrogens with zero attached hydrogens (tertiary/aromatic N) is 2. The number of carbonyl (C=O) groups is 1. The first-order chi connectivity index (χ1) is 8.65. The van der Waals surface area contributed by atoms with Crippen molar-refractivity contribution in [2.75, 3.05) is 7.05 Å². The molecule has 0 atom stereocenters. The molecular weight excluding hydrogens is 230 g/mol. The number of carbonyl (C=O) groups excluding carboxylic acids is 1. The van der Waals surface area contributed by atoms with E-state index in [1.807, 2.05) is 25.1 Å². The van der Waals surface area contributed by atoms with Gasteiger partial charge in [0, 0.05) is 25.6 Å². The monoisotopic (exact) mass is 247 g/mol. The number of furan rings is 1. The Bertz CT molecular complexity index is 502. The predicted octanol–water partition coefficient (Wildman–Crippen LogP) is 1.90. The molecule has 0 saturated heterocycles. The number of nitrogens with one attached hydrogen (secondary N) is 1. The minimum atomic E-state index is 0.0899. The normalized spacial score (nSPS) is 10.6. The molecule has 96 valence electrons. The maximum atomic E-state index is 11.9. The number of aryl methyl sites for hydroxylation is 2. The number of amides is 1. The van der Waals surface area contributed by atoms with Gasteiger partial charge in [0.15, 0.2) is 0 Å². The van der Waals surface area contributed by atoms with Gasteiger partial charge in [0.2, 0.25) is 5.91 Å². The lowest BCUT2D eigenvalue weighted by Crippen LogP contribution is -2.26. The molecule has 0 aromatic carbocycles. The number of H-pyrrole nitrogens is 1. The van der Waals surface area contributed by atoms with Crippen LogP contribution in [0.25, 0.3) is 0 Å². The number of hydrogen-bond donors (Lipinski definition) is 1. The van der Waals surface area contributed by atoms with Crippen molar-refractivity contribution in [2.24, 2.45) is 0 Å². The third-order valence-electron chi connectivity index (χ3n) is 2.75. The second-order valence-electron chi connectivity index (χ2n) is 4.37. The van der Waals surface area contributed by atoms with Crippen molar-refractivity contribution in [2.45, 2.75) is 26.3 Å². The van der Waals surface area contributed by atoms with Crippen LogP contribution in [0, 0.1) is 6.92 Å². The Morgan fingerprint density at radius 2 is 2.39 bits per heavy atom. The molecule has 1 amide bonds. The van der Waals surface area contributed by atoms with Crippen LogP contribution in [0.4, 0.5) is 0 Å². The molecule has 5 heteroatoms. The van der Waals surface area contributed by atoms with Gasteiger partial charge < -0.3 is 9.32 Å². The van der Waals surface area contributed by atoms with Crippen molar-refractivity contribution >= 4 is 5.91 Å². The van der Waals surface area contributed by atoms with Crippen LogP contribution in [0.2, 0.25) is 0 Å². The standard InChI is InChI=1S/C13H17N3O2/c1-10-8-11(15-14-10)9-16(2)13(17)6-5-12-4-3-7-18-12/h3-4,7-8H,5-6,9H2,1-2H3,(H,14,15). The Morgan fingerprint density at radius 3 is 3.00 bits per heavy atom. The van der Waals surface area contributed by atoms with E-state index in [1.54, 1.807) is 18.2 Å². The van der Waals surface area contributed by atoms with Gasteiger partial charge in [-0.05, 0) is 25.1 Å². The van der Waals surface area contributed by atoms with Crippen molar-refractivity contribution in [3.05, 3.63) is 41.6 Å². The average molecular weight is 247 g/mol. The Balaban J connectivity index is 1.81. The van der Waals surface area contributed by atoms with Gasteiger partial charge in [-0.1, -0.05) is 0 Å². The second-order valence-corrected chi connectivity index (χ2v) is 4.37. The summed E-state index contributed by atoms with van der Waals surface area (Å²) in [5.74, 6) is 0.930. The zero-order valence-electron chi connectivity index (χ0n) is 10.6. The van der Waals surface area contributed by atoms with E-state index in [4.69, 9.17) is 4.42 Å². The van der Waals surface area contributed by atoms with E-state index in [0.29, 0.717) is 19.4 Å². The molecule has 1 N–H and O–H groups in total. The lowest BCUT2D eigenvalue weighted by Gasteiger charge is -2.15. The first kappa shape index (κ1) is 12.4.